The van der Waals surface area contributed by atoms with Crippen molar-refractivity contribution in [3.63, 3.8) is 0 Å². The van der Waals surface area contributed by atoms with Gasteiger partial charge in [0.15, 0.2) is 11.5 Å². The summed E-state index contributed by atoms with van der Waals surface area (Å²) in [5.41, 5.74) is 13.0. The Hall–Kier alpha value is -7.96. The molecule has 7 aromatic carbocycles. The number of aromatic nitrogens is 6. The maximum Gasteiger partial charge on any atom is 0.165 e. The molecule has 0 amide bonds. The molecule has 11 rings (SSSR count). The first kappa shape index (κ1) is 33.4. The molecule has 0 saturated carbocycles. The number of imidazole rings is 1. The lowest BCUT2D eigenvalue weighted by atomic mass is 10.0. The molecule has 0 spiro atoms. The van der Waals surface area contributed by atoms with Gasteiger partial charge in [-0.15, -0.1) is 0 Å². The van der Waals surface area contributed by atoms with Gasteiger partial charge in [-0.1, -0.05) is 176 Å². The molecular weight excluding hydrogens is 709 g/mol. The first-order chi connectivity index (χ1) is 28.8. The number of rotatable bonds is 7. The van der Waals surface area contributed by atoms with Gasteiger partial charge >= 0.3 is 0 Å². The fraction of sp³-hybridized carbons (Fsp3) is 0. The summed E-state index contributed by atoms with van der Waals surface area (Å²) in [6, 6.07) is 69.4. The maximum absolute atomic E-state index is 5.31. The van der Waals surface area contributed by atoms with Crippen LogP contribution in [0.5, 0.6) is 0 Å². The Morgan fingerprint density at radius 2 is 0.948 bits per heavy atom. The molecule has 11 aromatic rings. The van der Waals surface area contributed by atoms with Gasteiger partial charge in [0.05, 0.1) is 5.69 Å². The monoisotopic (exact) mass is 742 g/mol. The zero-order chi connectivity index (χ0) is 38.4. The van der Waals surface area contributed by atoms with Crippen molar-refractivity contribution in [2.45, 2.75) is 0 Å². The molecule has 0 N–H and O–H groups in total. The average Bonchev–Trinajstić information content (AvgIpc) is 3.87. The van der Waals surface area contributed by atoms with Crippen molar-refractivity contribution in [2.75, 3.05) is 0 Å². The van der Waals surface area contributed by atoms with Gasteiger partial charge in [0.2, 0.25) is 0 Å². The van der Waals surface area contributed by atoms with Crippen LogP contribution in [-0.2, 0) is 0 Å². The van der Waals surface area contributed by atoms with Crippen molar-refractivity contribution in [3.8, 4) is 73.4 Å². The van der Waals surface area contributed by atoms with Crippen LogP contribution in [0.1, 0.15) is 0 Å². The molecule has 4 heterocycles. The van der Waals surface area contributed by atoms with Gasteiger partial charge in [0, 0.05) is 44.9 Å². The molecule has 6 heteroatoms. The minimum absolute atomic E-state index is 0.674. The molecule has 4 aromatic heterocycles. The average molecular weight is 743 g/mol. The molecule has 0 atom stereocenters. The van der Waals surface area contributed by atoms with Crippen LogP contribution in [0.15, 0.2) is 206 Å². The van der Waals surface area contributed by atoms with Crippen molar-refractivity contribution in [3.05, 3.63) is 206 Å². The molecule has 272 valence electrons. The number of pyridine rings is 1. The molecule has 0 saturated heterocycles. The summed E-state index contributed by atoms with van der Waals surface area (Å²) >= 11 is 0. The fourth-order valence-electron chi connectivity index (χ4n) is 8.10. The van der Waals surface area contributed by atoms with E-state index in [-0.39, 0.29) is 0 Å². The van der Waals surface area contributed by atoms with Crippen molar-refractivity contribution < 1.29 is 0 Å². The predicted molar refractivity (Wildman–Crippen MR) is 236 cm³/mol. The minimum atomic E-state index is 0.674. The third-order valence-electron chi connectivity index (χ3n) is 10.8. The van der Waals surface area contributed by atoms with Crippen LogP contribution in [0.3, 0.4) is 0 Å². The minimum Gasteiger partial charge on any atom is -0.277 e. The first-order valence-corrected chi connectivity index (χ1v) is 19.4. The largest absolute Gasteiger partial charge is 0.277 e. The smallest absolute Gasteiger partial charge is 0.165 e. The number of para-hydroxylation sites is 1. The van der Waals surface area contributed by atoms with Gasteiger partial charge in [0.25, 0.3) is 0 Å². The van der Waals surface area contributed by atoms with E-state index in [0.29, 0.717) is 5.82 Å². The van der Waals surface area contributed by atoms with E-state index in [1.165, 1.54) is 0 Å². The molecule has 0 aliphatic carbocycles. The van der Waals surface area contributed by atoms with E-state index in [1.54, 1.807) is 0 Å². The van der Waals surface area contributed by atoms with E-state index < -0.39 is 0 Å². The van der Waals surface area contributed by atoms with Crippen LogP contribution in [0.25, 0.3) is 101 Å². The van der Waals surface area contributed by atoms with Gasteiger partial charge < -0.3 is 0 Å². The van der Waals surface area contributed by atoms with Crippen molar-refractivity contribution in [1.82, 2.24) is 28.9 Å². The summed E-state index contributed by atoms with van der Waals surface area (Å²) in [4.78, 5) is 20.8. The summed E-state index contributed by atoms with van der Waals surface area (Å²) in [5.74, 6) is 2.35. The molecule has 0 fully saturated rings. The highest BCUT2D eigenvalue weighted by Crippen LogP contribution is 2.39. The van der Waals surface area contributed by atoms with Crippen LogP contribution in [0.2, 0.25) is 0 Å². The van der Waals surface area contributed by atoms with Gasteiger partial charge in [-0.2, -0.15) is 0 Å². The van der Waals surface area contributed by atoms with Crippen molar-refractivity contribution >= 4 is 27.6 Å². The second-order valence-electron chi connectivity index (χ2n) is 14.3. The highest BCUT2D eigenvalue weighted by molar-refractivity contribution is 6.06. The van der Waals surface area contributed by atoms with E-state index in [9.17, 15) is 0 Å². The lowest BCUT2D eigenvalue weighted by Gasteiger charge is -2.13. The predicted octanol–water partition coefficient (Wildman–Crippen LogP) is 12.6. The standard InChI is InChI=1S/C52H34N6/c1-5-16-36(17-6-1)43-32-33-53-52-46(43)54-50(57(52)42-24-11-4-12-25-42)41-23-15-22-40(34-41)35-28-30-38(31-29-35)48-55-49(39-20-9-3-10-21-39)58-47(37-18-7-2-8-19-37)44-26-13-14-27-45(44)51(58)56-48/h1-34H. The third-order valence-corrected chi connectivity index (χ3v) is 10.8. The lowest BCUT2D eigenvalue weighted by Crippen LogP contribution is -2.03. The number of benzene rings is 7. The first-order valence-electron chi connectivity index (χ1n) is 19.4. The summed E-state index contributed by atoms with van der Waals surface area (Å²) in [6.07, 6.45) is 1.87. The Morgan fingerprint density at radius 3 is 1.67 bits per heavy atom. The SMILES string of the molecule is c1ccc(-c2ccnc3c2nc(-c2cccc(-c4ccc(-c5nc(-c6ccccc6)n6c(-c7ccccc7)c7ccccc7c6n5)cc4)c2)n3-c2ccccc2)cc1. The molecule has 0 aliphatic heterocycles. The summed E-state index contributed by atoms with van der Waals surface area (Å²) < 4.78 is 4.38. The van der Waals surface area contributed by atoms with Crippen LogP contribution < -0.4 is 0 Å². The van der Waals surface area contributed by atoms with Gasteiger partial charge in [-0.3, -0.25) is 8.97 Å². The quantitative estimate of drug-likeness (QED) is 0.163. The Balaban J connectivity index is 1.03. The summed E-state index contributed by atoms with van der Waals surface area (Å²) in [6.45, 7) is 0. The van der Waals surface area contributed by atoms with Crippen LogP contribution in [-0.4, -0.2) is 28.9 Å². The van der Waals surface area contributed by atoms with E-state index in [1.807, 2.05) is 30.5 Å². The Bertz CT molecular complexity index is 3240. The van der Waals surface area contributed by atoms with E-state index in [0.717, 1.165) is 95.1 Å². The zero-order valence-electron chi connectivity index (χ0n) is 31.3. The van der Waals surface area contributed by atoms with E-state index in [2.05, 4.69) is 185 Å². The Morgan fingerprint density at radius 1 is 0.362 bits per heavy atom. The third kappa shape index (κ3) is 5.66. The normalized spacial score (nSPS) is 11.4. The second kappa shape index (κ2) is 14.0. The maximum atomic E-state index is 5.31. The Kier molecular flexibility index (Phi) is 8.04. The molecule has 0 bridgehead atoms. The van der Waals surface area contributed by atoms with Crippen LogP contribution in [0, 0.1) is 0 Å². The fourth-order valence-corrected chi connectivity index (χ4v) is 8.10. The lowest BCUT2D eigenvalue weighted by molar-refractivity contribution is 1.05. The number of hydrogen-bond donors (Lipinski definition) is 0. The highest BCUT2D eigenvalue weighted by Gasteiger charge is 2.22. The Labute approximate surface area is 335 Å². The molecular formula is C52H34N6. The second-order valence-corrected chi connectivity index (χ2v) is 14.3. The molecule has 58 heavy (non-hydrogen) atoms. The number of fused-ring (bicyclic) bond motifs is 4. The molecule has 0 radical (unpaired) electrons. The number of hydrogen-bond acceptors (Lipinski definition) is 4. The topological polar surface area (TPSA) is 60.9 Å². The van der Waals surface area contributed by atoms with Gasteiger partial charge in [-0.05, 0) is 46.5 Å². The van der Waals surface area contributed by atoms with Gasteiger partial charge in [-0.25, -0.2) is 19.9 Å². The van der Waals surface area contributed by atoms with Crippen LogP contribution >= 0.6 is 0 Å². The van der Waals surface area contributed by atoms with Gasteiger partial charge in [0.1, 0.15) is 22.8 Å². The zero-order valence-corrected chi connectivity index (χ0v) is 31.3. The number of nitrogens with zero attached hydrogens (tertiary/aromatic N) is 6. The molecule has 6 nitrogen and oxygen atoms in total. The van der Waals surface area contributed by atoms with E-state index >= 15 is 0 Å². The van der Waals surface area contributed by atoms with E-state index in [4.69, 9.17) is 19.9 Å². The summed E-state index contributed by atoms with van der Waals surface area (Å²) in [7, 11) is 0. The van der Waals surface area contributed by atoms with Crippen molar-refractivity contribution in [1.29, 1.82) is 0 Å². The van der Waals surface area contributed by atoms with Crippen molar-refractivity contribution in [2.24, 2.45) is 0 Å². The molecule has 0 unspecified atom stereocenters. The summed E-state index contributed by atoms with van der Waals surface area (Å²) in [5, 5.41) is 2.23. The molecule has 0 aliphatic rings. The van der Waals surface area contributed by atoms with Crippen LogP contribution in [0.4, 0.5) is 0 Å². The highest BCUT2D eigenvalue weighted by atomic mass is 15.1.